The van der Waals surface area contributed by atoms with E-state index in [1.165, 1.54) is 18.4 Å². The van der Waals surface area contributed by atoms with Gasteiger partial charge in [-0.1, -0.05) is 66.7 Å². The summed E-state index contributed by atoms with van der Waals surface area (Å²) < 4.78 is 4.85. The summed E-state index contributed by atoms with van der Waals surface area (Å²) in [7, 11) is 1.37. The van der Waals surface area contributed by atoms with Crippen molar-refractivity contribution in [3.8, 4) is 10.6 Å². The number of rotatable bonds is 4. The van der Waals surface area contributed by atoms with Crippen LogP contribution in [0, 0.1) is 0 Å². The first-order valence-electron chi connectivity index (χ1n) is 7.15. The molecule has 0 saturated carbocycles. The van der Waals surface area contributed by atoms with E-state index in [1.807, 2.05) is 72.8 Å². The molecule has 0 N–H and O–H groups in total. The summed E-state index contributed by atoms with van der Waals surface area (Å²) in [5.41, 5.74) is 2.41. The molecule has 0 fully saturated rings. The van der Waals surface area contributed by atoms with E-state index in [0.717, 1.165) is 21.0 Å². The molecule has 1 aromatic heterocycles. The first kappa shape index (κ1) is 15.2. The average Bonchev–Trinajstić information content (AvgIpc) is 3.05. The molecule has 0 aliphatic rings. The Morgan fingerprint density at radius 3 is 2.30 bits per heavy atom. The van der Waals surface area contributed by atoms with Crippen LogP contribution >= 0.6 is 11.3 Å². The van der Waals surface area contributed by atoms with Crippen molar-refractivity contribution in [2.45, 2.75) is 0 Å². The van der Waals surface area contributed by atoms with E-state index in [-0.39, 0.29) is 0 Å². The minimum atomic E-state index is -0.420. The minimum Gasteiger partial charge on any atom is -0.464 e. The van der Waals surface area contributed by atoms with Crippen molar-refractivity contribution in [3.63, 3.8) is 0 Å². The van der Waals surface area contributed by atoms with E-state index in [4.69, 9.17) is 4.74 Å². The summed E-state index contributed by atoms with van der Waals surface area (Å²) in [6, 6.07) is 19.7. The van der Waals surface area contributed by atoms with Gasteiger partial charge in [0.2, 0.25) is 0 Å². The van der Waals surface area contributed by atoms with Gasteiger partial charge in [-0.2, -0.15) is 0 Å². The molecule has 1 heterocycles. The molecule has 0 radical (unpaired) electrons. The summed E-state index contributed by atoms with van der Waals surface area (Å²) >= 11 is 1.48. The highest BCUT2D eigenvalue weighted by molar-refractivity contribution is 7.16. The number of methoxy groups -OCH3 is 1. The lowest BCUT2D eigenvalue weighted by molar-refractivity contribution is 0.0595. The number of hydrogen-bond donors (Lipinski definition) is 0. The molecule has 0 saturated heterocycles. The molecule has 23 heavy (non-hydrogen) atoms. The summed E-state index contributed by atoms with van der Waals surface area (Å²) in [5.74, 6) is -0.420. The maximum Gasteiger partial charge on any atom is 0.358 e. The number of nitrogens with zero attached hydrogens (tertiary/aromatic N) is 1. The van der Waals surface area contributed by atoms with Crippen molar-refractivity contribution < 1.29 is 9.53 Å². The molecule has 2 aromatic carbocycles. The lowest BCUT2D eigenvalue weighted by atomic mass is 10.2. The molecule has 0 amide bonds. The topological polar surface area (TPSA) is 39.2 Å². The first-order chi connectivity index (χ1) is 11.3. The van der Waals surface area contributed by atoms with Gasteiger partial charge in [-0.3, -0.25) is 0 Å². The average molecular weight is 321 g/mol. The van der Waals surface area contributed by atoms with E-state index in [9.17, 15) is 4.79 Å². The Morgan fingerprint density at radius 1 is 1.00 bits per heavy atom. The standard InChI is InChI=1S/C19H15NO2S/c1-22-19(21)17-16(13-12-14-8-4-2-5-9-14)23-18(20-17)15-10-6-3-7-11-15/h2-13H,1H3/b13-12+. The van der Waals surface area contributed by atoms with E-state index >= 15 is 0 Å². The largest absolute Gasteiger partial charge is 0.464 e. The fourth-order valence-electron chi connectivity index (χ4n) is 2.13. The quantitative estimate of drug-likeness (QED) is 0.650. The van der Waals surface area contributed by atoms with Crippen LogP contribution in [-0.4, -0.2) is 18.1 Å². The molecule has 0 aliphatic heterocycles. The van der Waals surface area contributed by atoms with Crippen molar-refractivity contribution in [3.05, 3.63) is 76.8 Å². The van der Waals surface area contributed by atoms with Crippen LogP contribution in [0.1, 0.15) is 20.9 Å². The molecule has 114 valence electrons. The van der Waals surface area contributed by atoms with E-state index in [2.05, 4.69) is 4.98 Å². The SMILES string of the molecule is COC(=O)c1nc(-c2ccccc2)sc1/C=C/c1ccccc1. The van der Waals surface area contributed by atoms with Crippen LogP contribution in [0.4, 0.5) is 0 Å². The Kier molecular flexibility index (Phi) is 4.64. The molecular weight excluding hydrogens is 306 g/mol. The number of esters is 1. The lowest BCUT2D eigenvalue weighted by Gasteiger charge is -1.96. The number of hydrogen-bond acceptors (Lipinski definition) is 4. The molecule has 0 atom stereocenters. The van der Waals surface area contributed by atoms with Crippen LogP contribution in [-0.2, 0) is 4.74 Å². The highest BCUT2D eigenvalue weighted by Gasteiger charge is 2.17. The fourth-order valence-corrected chi connectivity index (χ4v) is 3.09. The van der Waals surface area contributed by atoms with Crippen molar-refractivity contribution in [1.29, 1.82) is 0 Å². The maximum atomic E-state index is 12.0. The second kappa shape index (κ2) is 7.03. The predicted molar refractivity (Wildman–Crippen MR) is 94.3 cm³/mol. The van der Waals surface area contributed by atoms with Crippen molar-refractivity contribution in [1.82, 2.24) is 4.98 Å². The number of thiazole rings is 1. The van der Waals surface area contributed by atoms with E-state index in [1.54, 1.807) is 0 Å². The first-order valence-corrected chi connectivity index (χ1v) is 7.97. The summed E-state index contributed by atoms with van der Waals surface area (Å²) in [4.78, 5) is 17.2. The van der Waals surface area contributed by atoms with Gasteiger partial charge in [0.25, 0.3) is 0 Å². The molecule has 3 aromatic rings. The Labute approximate surface area is 138 Å². The van der Waals surface area contributed by atoms with E-state index in [0.29, 0.717) is 5.69 Å². The van der Waals surface area contributed by atoms with Gasteiger partial charge in [0, 0.05) is 5.56 Å². The van der Waals surface area contributed by atoms with Crippen LogP contribution in [0.3, 0.4) is 0 Å². The van der Waals surface area contributed by atoms with Crippen LogP contribution in [0.2, 0.25) is 0 Å². The van der Waals surface area contributed by atoms with Crippen molar-refractivity contribution in [2.75, 3.05) is 7.11 Å². The van der Waals surface area contributed by atoms with Crippen LogP contribution in [0.15, 0.2) is 60.7 Å². The summed E-state index contributed by atoms with van der Waals surface area (Å²) in [6.07, 6.45) is 3.88. The summed E-state index contributed by atoms with van der Waals surface area (Å²) in [5, 5.41) is 0.804. The van der Waals surface area contributed by atoms with Gasteiger partial charge in [0.1, 0.15) is 5.01 Å². The van der Waals surface area contributed by atoms with Gasteiger partial charge in [-0.05, 0) is 11.6 Å². The normalized spacial score (nSPS) is 10.8. The monoisotopic (exact) mass is 321 g/mol. The predicted octanol–water partition coefficient (Wildman–Crippen LogP) is 4.77. The fraction of sp³-hybridized carbons (Fsp3) is 0.0526. The van der Waals surface area contributed by atoms with Gasteiger partial charge in [0.05, 0.1) is 12.0 Å². The van der Waals surface area contributed by atoms with Crippen molar-refractivity contribution >= 4 is 29.5 Å². The summed E-state index contributed by atoms with van der Waals surface area (Å²) in [6.45, 7) is 0. The second-order valence-corrected chi connectivity index (χ2v) is 5.86. The molecule has 0 spiro atoms. The molecule has 0 aliphatic carbocycles. The third kappa shape index (κ3) is 3.55. The van der Waals surface area contributed by atoms with Crippen LogP contribution < -0.4 is 0 Å². The van der Waals surface area contributed by atoms with Gasteiger partial charge >= 0.3 is 5.97 Å². The molecule has 3 rings (SSSR count). The number of carbonyl (C=O) groups excluding carboxylic acids is 1. The molecule has 3 nitrogen and oxygen atoms in total. The Bertz CT molecular complexity index is 823. The minimum absolute atomic E-state index is 0.350. The third-order valence-electron chi connectivity index (χ3n) is 3.28. The highest BCUT2D eigenvalue weighted by atomic mass is 32.1. The van der Waals surface area contributed by atoms with Crippen molar-refractivity contribution in [2.24, 2.45) is 0 Å². The second-order valence-electron chi connectivity index (χ2n) is 4.83. The smallest absolute Gasteiger partial charge is 0.358 e. The zero-order chi connectivity index (χ0) is 16.1. The van der Waals surface area contributed by atoms with Gasteiger partial charge in [-0.25, -0.2) is 9.78 Å². The Balaban J connectivity index is 1.99. The maximum absolute atomic E-state index is 12.0. The number of carbonyl (C=O) groups is 1. The van der Waals surface area contributed by atoms with Gasteiger partial charge < -0.3 is 4.74 Å². The van der Waals surface area contributed by atoms with Gasteiger partial charge in [-0.15, -0.1) is 11.3 Å². The van der Waals surface area contributed by atoms with Gasteiger partial charge in [0.15, 0.2) is 5.69 Å². The highest BCUT2D eigenvalue weighted by Crippen LogP contribution is 2.29. The molecule has 0 bridgehead atoms. The zero-order valence-corrected chi connectivity index (χ0v) is 13.4. The van der Waals surface area contributed by atoms with Crippen LogP contribution in [0.25, 0.3) is 22.7 Å². The number of benzene rings is 2. The third-order valence-corrected chi connectivity index (χ3v) is 4.35. The lowest BCUT2D eigenvalue weighted by Crippen LogP contribution is -2.03. The Morgan fingerprint density at radius 2 is 1.65 bits per heavy atom. The van der Waals surface area contributed by atoms with Crippen LogP contribution in [0.5, 0.6) is 0 Å². The molecule has 0 unspecified atom stereocenters. The number of ether oxygens (including phenoxy) is 1. The number of aromatic nitrogens is 1. The zero-order valence-electron chi connectivity index (χ0n) is 12.6. The Hall–Kier alpha value is -2.72. The van der Waals surface area contributed by atoms with E-state index < -0.39 is 5.97 Å². The molecule has 4 heteroatoms. The molecular formula is C19H15NO2S.